The van der Waals surface area contributed by atoms with Gasteiger partial charge >= 0.3 is 5.97 Å². The van der Waals surface area contributed by atoms with Crippen LogP contribution in [0.1, 0.15) is 17.3 Å². The van der Waals surface area contributed by atoms with Crippen LogP contribution < -0.4 is 14.8 Å². The largest absolute Gasteiger partial charge is 0.479 e. The van der Waals surface area contributed by atoms with E-state index >= 15 is 0 Å². The molecule has 0 bridgehead atoms. The molecule has 3 N–H and O–H groups in total. The van der Waals surface area contributed by atoms with E-state index in [0.717, 1.165) is 0 Å². The maximum absolute atomic E-state index is 12.5. The summed E-state index contributed by atoms with van der Waals surface area (Å²) < 4.78 is 32.7. The van der Waals surface area contributed by atoms with Crippen molar-refractivity contribution in [1.29, 1.82) is 0 Å². The maximum atomic E-state index is 12.5. The highest BCUT2D eigenvalue weighted by atomic mass is 32.2. The Balaban J connectivity index is 1.86. The molecule has 2 aromatic rings. The number of rotatable bonds is 4. The van der Waals surface area contributed by atoms with E-state index in [9.17, 15) is 18.0 Å². The lowest BCUT2D eigenvalue weighted by Gasteiger charge is -2.23. The molecule has 130 valence electrons. The standard InChI is InChI=1S/C16H14N2O6S/c1-9-15(19)17-13-8-12(6-7-14(13)24-9)25(22,23)18-11-4-2-10(3-5-11)16(20)21/h2-9,18H,1H3,(H,17,19)(H,20,21). The number of ether oxygens (including phenoxy) is 1. The number of hydrogen-bond acceptors (Lipinski definition) is 5. The molecule has 0 aliphatic carbocycles. The van der Waals surface area contributed by atoms with E-state index < -0.39 is 22.1 Å². The minimum atomic E-state index is -3.92. The highest BCUT2D eigenvalue weighted by molar-refractivity contribution is 7.92. The van der Waals surface area contributed by atoms with Crippen molar-refractivity contribution >= 4 is 33.3 Å². The van der Waals surface area contributed by atoms with Crippen molar-refractivity contribution in [2.24, 2.45) is 0 Å². The minimum Gasteiger partial charge on any atom is -0.479 e. The summed E-state index contributed by atoms with van der Waals surface area (Å²) in [6.45, 7) is 1.59. The van der Waals surface area contributed by atoms with Gasteiger partial charge in [0, 0.05) is 5.69 Å². The second kappa shape index (κ2) is 6.10. The monoisotopic (exact) mass is 362 g/mol. The summed E-state index contributed by atoms with van der Waals surface area (Å²) in [5.74, 6) is -1.08. The zero-order valence-corrected chi connectivity index (χ0v) is 13.8. The number of nitrogens with one attached hydrogen (secondary N) is 2. The summed E-state index contributed by atoms with van der Waals surface area (Å²) in [6.07, 6.45) is -0.652. The average Bonchev–Trinajstić information content (AvgIpc) is 2.55. The molecule has 0 saturated carbocycles. The number of hydrogen-bond donors (Lipinski definition) is 3. The van der Waals surface area contributed by atoms with Gasteiger partial charge in [-0.3, -0.25) is 9.52 Å². The molecule has 0 saturated heterocycles. The van der Waals surface area contributed by atoms with Crippen molar-refractivity contribution in [3.63, 3.8) is 0 Å². The number of carboxylic acid groups (broad SMARTS) is 1. The van der Waals surface area contributed by atoms with Gasteiger partial charge in [-0.05, 0) is 49.4 Å². The highest BCUT2D eigenvalue weighted by Gasteiger charge is 2.25. The van der Waals surface area contributed by atoms with Crippen LogP contribution in [-0.2, 0) is 14.8 Å². The van der Waals surface area contributed by atoms with Crippen LogP contribution in [0.3, 0.4) is 0 Å². The van der Waals surface area contributed by atoms with Gasteiger partial charge in [-0.1, -0.05) is 0 Å². The Kier molecular flexibility index (Phi) is 4.09. The van der Waals surface area contributed by atoms with Crippen molar-refractivity contribution in [2.75, 3.05) is 10.0 Å². The number of aromatic carboxylic acids is 1. The molecule has 1 amide bonds. The Hall–Kier alpha value is -3.07. The molecular weight excluding hydrogens is 348 g/mol. The quantitative estimate of drug-likeness (QED) is 0.764. The van der Waals surface area contributed by atoms with Gasteiger partial charge < -0.3 is 15.2 Å². The summed E-state index contributed by atoms with van der Waals surface area (Å²) >= 11 is 0. The first-order valence-corrected chi connectivity index (χ1v) is 8.72. The zero-order chi connectivity index (χ0) is 18.2. The topological polar surface area (TPSA) is 122 Å². The third-order valence-corrected chi connectivity index (χ3v) is 4.96. The molecule has 25 heavy (non-hydrogen) atoms. The Labute approximate surface area is 143 Å². The predicted octanol–water partition coefficient (Wildman–Crippen LogP) is 1.90. The van der Waals surface area contributed by atoms with Gasteiger partial charge in [0.15, 0.2) is 6.10 Å². The first kappa shape index (κ1) is 16.8. The summed E-state index contributed by atoms with van der Waals surface area (Å²) in [4.78, 5) is 22.4. The molecule has 0 radical (unpaired) electrons. The lowest BCUT2D eigenvalue weighted by atomic mass is 10.2. The van der Waals surface area contributed by atoms with Gasteiger partial charge in [0.25, 0.3) is 15.9 Å². The van der Waals surface area contributed by atoms with E-state index in [2.05, 4.69) is 10.0 Å². The van der Waals surface area contributed by atoms with Gasteiger partial charge in [0.05, 0.1) is 16.1 Å². The molecule has 9 heteroatoms. The molecule has 1 aliphatic rings. The smallest absolute Gasteiger partial charge is 0.335 e. The Morgan fingerprint density at radius 1 is 1.20 bits per heavy atom. The molecule has 1 unspecified atom stereocenters. The van der Waals surface area contributed by atoms with Crippen LogP contribution in [-0.4, -0.2) is 31.5 Å². The number of benzene rings is 2. The van der Waals surface area contributed by atoms with Crippen LogP contribution in [0.5, 0.6) is 5.75 Å². The van der Waals surface area contributed by atoms with Gasteiger partial charge in [-0.15, -0.1) is 0 Å². The lowest BCUT2D eigenvalue weighted by molar-refractivity contribution is -0.122. The molecule has 0 fully saturated rings. The molecule has 1 heterocycles. The lowest BCUT2D eigenvalue weighted by Crippen LogP contribution is -2.34. The van der Waals surface area contributed by atoms with E-state index in [4.69, 9.17) is 9.84 Å². The molecule has 8 nitrogen and oxygen atoms in total. The zero-order valence-electron chi connectivity index (χ0n) is 13.0. The van der Waals surface area contributed by atoms with E-state index in [1.165, 1.54) is 42.5 Å². The van der Waals surface area contributed by atoms with Crippen LogP contribution in [0.2, 0.25) is 0 Å². The third kappa shape index (κ3) is 3.41. The Morgan fingerprint density at radius 3 is 2.52 bits per heavy atom. The summed E-state index contributed by atoms with van der Waals surface area (Å²) in [7, 11) is -3.92. The first-order valence-electron chi connectivity index (χ1n) is 7.24. The van der Waals surface area contributed by atoms with Crippen molar-refractivity contribution in [2.45, 2.75) is 17.9 Å². The van der Waals surface area contributed by atoms with Crippen molar-refractivity contribution < 1.29 is 27.9 Å². The SMILES string of the molecule is CC1Oc2ccc(S(=O)(=O)Nc3ccc(C(=O)O)cc3)cc2NC1=O. The van der Waals surface area contributed by atoms with Crippen molar-refractivity contribution in [3.05, 3.63) is 48.0 Å². The number of sulfonamides is 1. The number of carboxylic acids is 1. The predicted molar refractivity (Wildman–Crippen MR) is 89.4 cm³/mol. The van der Waals surface area contributed by atoms with E-state index in [0.29, 0.717) is 5.75 Å². The summed E-state index contributed by atoms with van der Waals surface area (Å²) in [5.41, 5.74) is 0.537. The van der Waals surface area contributed by atoms with Crippen molar-refractivity contribution in [1.82, 2.24) is 0 Å². The van der Waals surface area contributed by atoms with Crippen LogP contribution in [0.15, 0.2) is 47.4 Å². The molecule has 3 rings (SSSR count). The number of carbonyl (C=O) groups is 2. The Morgan fingerprint density at radius 2 is 1.88 bits per heavy atom. The number of fused-ring (bicyclic) bond motifs is 1. The molecule has 2 aromatic carbocycles. The molecule has 1 aliphatic heterocycles. The molecule has 1 atom stereocenters. The summed E-state index contributed by atoms with van der Waals surface area (Å²) in [6, 6.07) is 9.42. The molecular formula is C16H14N2O6S. The molecule has 0 spiro atoms. The number of anilines is 2. The second-order valence-electron chi connectivity index (χ2n) is 5.40. The van der Waals surface area contributed by atoms with Crippen LogP contribution >= 0.6 is 0 Å². The first-order chi connectivity index (χ1) is 11.8. The maximum Gasteiger partial charge on any atom is 0.335 e. The van der Waals surface area contributed by atoms with Crippen molar-refractivity contribution in [3.8, 4) is 5.75 Å². The van der Waals surface area contributed by atoms with Gasteiger partial charge in [0.1, 0.15) is 5.75 Å². The summed E-state index contributed by atoms with van der Waals surface area (Å²) in [5, 5.41) is 11.4. The fourth-order valence-corrected chi connectivity index (χ4v) is 3.33. The van der Waals surface area contributed by atoms with E-state index in [1.807, 2.05) is 0 Å². The normalized spacial score (nSPS) is 16.4. The van der Waals surface area contributed by atoms with Gasteiger partial charge in [-0.2, -0.15) is 0 Å². The fraction of sp³-hybridized carbons (Fsp3) is 0.125. The number of amides is 1. The van der Waals surface area contributed by atoms with E-state index in [-0.39, 0.29) is 27.7 Å². The Bertz CT molecular complexity index is 953. The fourth-order valence-electron chi connectivity index (χ4n) is 2.25. The number of carbonyl (C=O) groups excluding carboxylic acids is 1. The molecule has 0 aromatic heterocycles. The van der Waals surface area contributed by atoms with Crippen LogP contribution in [0.25, 0.3) is 0 Å². The average molecular weight is 362 g/mol. The van der Waals surface area contributed by atoms with Gasteiger partial charge in [-0.25, -0.2) is 13.2 Å². The van der Waals surface area contributed by atoms with Gasteiger partial charge in [0.2, 0.25) is 0 Å². The van der Waals surface area contributed by atoms with Crippen LogP contribution in [0, 0.1) is 0 Å². The second-order valence-corrected chi connectivity index (χ2v) is 7.08. The highest BCUT2D eigenvalue weighted by Crippen LogP contribution is 2.32. The van der Waals surface area contributed by atoms with E-state index in [1.54, 1.807) is 6.92 Å². The van der Waals surface area contributed by atoms with Crippen LogP contribution in [0.4, 0.5) is 11.4 Å². The minimum absolute atomic E-state index is 0.0470. The third-order valence-electron chi connectivity index (χ3n) is 3.58.